The summed E-state index contributed by atoms with van der Waals surface area (Å²) in [6, 6.07) is 10.7. The van der Waals surface area contributed by atoms with E-state index in [0.29, 0.717) is 22.7 Å². The van der Waals surface area contributed by atoms with Crippen molar-refractivity contribution in [2.45, 2.75) is 33.4 Å². The first-order valence-corrected chi connectivity index (χ1v) is 7.78. The average Bonchev–Trinajstić information content (AvgIpc) is 2.48. The highest BCUT2D eigenvalue weighted by atomic mass is 35.5. The van der Waals surface area contributed by atoms with E-state index in [1.807, 2.05) is 32.0 Å². The zero-order valence-corrected chi connectivity index (χ0v) is 14.1. The smallest absolute Gasteiger partial charge is 0.336 e. The van der Waals surface area contributed by atoms with Gasteiger partial charge in [0, 0.05) is 22.8 Å². The Balaban J connectivity index is 2.23. The predicted octanol–water partition coefficient (Wildman–Crippen LogP) is 4.75. The van der Waals surface area contributed by atoms with E-state index in [2.05, 4.69) is 5.32 Å². The Labute approximate surface area is 141 Å². The molecule has 5 heteroatoms. The van der Waals surface area contributed by atoms with Gasteiger partial charge in [-0.05, 0) is 56.7 Å². The number of carbonyl (C=O) groups is 1. The number of carboxylic acids is 1. The highest BCUT2D eigenvalue weighted by Crippen LogP contribution is 2.26. The van der Waals surface area contributed by atoms with Crippen molar-refractivity contribution in [1.82, 2.24) is 0 Å². The highest BCUT2D eigenvalue weighted by molar-refractivity contribution is 6.30. The van der Waals surface area contributed by atoms with E-state index in [1.165, 1.54) is 0 Å². The number of hydrogen-bond donors (Lipinski definition) is 2. The number of ether oxygens (including phenoxy) is 1. The molecule has 0 aliphatic heterocycles. The van der Waals surface area contributed by atoms with E-state index in [4.69, 9.17) is 16.3 Å². The maximum atomic E-state index is 11.2. The van der Waals surface area contributed by atoms with Gasteiger partial charge in [0.2, 0.25) is 0 Å². The quantitative estimate of drug-likeness (QED) is 0.801. The van der Waals surface area contributed by atoms with E-state index in [0.717, 1.165) is 17.0 Å². The largest absolute Gasteiger partial charge is 0.491 e. The summed E-state index contributed by atoms with van der Waals surface area (Å²) in [5, 5.41) is 13.1. The molecule has 0 unspecified atom stereocenters. The molecule has 122 valence electrons. The van der Waals surface area contributed by atoms with Crippen LogP contribution >= 0.6 is 11.6 Å². The standard InChI is InChI=1S/C18H20ClNO3/c1-11(2)23-17-8-7-14(19)9-13(17)10-20-16-6-4-5-15(12(16)3)18(21)22/h4-9,11,20H,10H2,1-3H3,(H,21,22). The molecule has 0 atom stereocenters. The van der Waals surface area contributed by atoms with Crippen LogP contribution in [0.15, 0.2) is 36.4 Å². The monoisotopic (exact) mass is 333 g/mol. The molecule has 0 aliphatic carbocycles. The molecule has 0 spiro atoms. The van der Waals surface area contributed by atoms with Gasteiger partial charge >= 0.3 is 5.97 Å². The summed E-state index contributed by atoms with van der Waals surface area (Å²) in [5.41, 5.74) is 2.69. The highest BCUT2D eigenvalue weighted by Gasteiger charge is 2.11. The van der Waals surface area contributed by atoms with Gasteiger partial charge in [-0.3, -0.25) is 0 Å². The van der Waals surface area contributed by atoms with Crippen LogP contribution in [0, 0.1) is 6.92 Å². The van der Waals surface area contributed by atoms with Crippen molar-refractivity contribution in [2.24, 2.45) is 0 Å². The normalized spacial score (nSPS) is 10.7. The van der Waals surface area contributed by atoms with Gasteiger partial charge in [-0.15, -0.1) is 0 Å². The Hall–Kier alpha value is -2.20. The maximum Gasteiger partial charge on any atom is 0.336 e. The van der Waals surface area contributed by atoms with Crippen molar-refractivity contribution in [2.75, 3.05) is 5.32 Å². The maximum absolute atomic E-state index is 11.2. The van der Waals surface area contributed by atoms with Gasteiger partial charge in [-0.2, -0.15) is 0 Å². The van der Waals surface area contributed by atoms with Crippen LogP contribution < -0.4 is 10.1 Å². The minimum atomic E-state index is -0.933. The number of anilines is 1. The second kappa shape index (κ2) is 7.38. The van der Waals surface area contributed by atoms with Gasteiger partial charge in [0.15, 0.2) is 0 Å². The lowest BCUT2D eigenvalue weighted by atomic mass is 10.1. The first-order valence-electron chi connectivity index (χ1n) is 7.40. The van der Waals surface area contributed by atoms with E-state index in [1.54, 1.807) is 25.1 Å². The van der Waals surface area contributed by atoms with E-state index >= 15 is 0 Å². The lowest BCUT2D eigenvalue weighted by Crippen LogP contribution is -2.10. The topological polar surface area (TPSA) is 58.6 Å². The molecule has 0 saturated heterocycles. The SMILES string of the molecule is Cc1c(NCc2cc(Cl)ccc2OC(C)C)cccc1C(=O)O. The fourth-order valence-electron chi connectivity index (χ4n) is 2.30. The van der Waals surface area contributed by atoms with Crippen LogP contribution in [-0.4, -0.2) is 17.2 Å². The van der Waals surface area contributed by atoms with Crippen molar-refractivity contribution in [3.05, 3.63) is 58.1 Å². The van der Waals surface area contributed by atoms with Gasteiger partial charge < -0.3 is 15.2 Å². The van der Waals surface area contributed by atoms with E-state index < -0.39 is 5.97 Å². The molecule has 0 aromatic heterocycles. The Morgan fingerprint density at radius 1 is 1.30 bits per heavy atom. The molecule has 0 heterocycles. The number of carboxylic acid groups (broad SMARTS) is 1. The molecule has 0 bridgehead atoms. The van der Waals surface area contributed by atoms with Crippen LogP contribution in [0.25, 0.3) is 0 Å². The van der Waals surface area contributed by atoms with Crippen LogP contribution in [0.1, 0.15) is 35.3 Å². The van der Waals surface area contributed by atoms with E-state index in [-0.39, 0.29) is 6.10 Å². The summed E-state index contributed by atoms with van der Waals surface area (Å²) >= 11 is 6.07. The summed E-state index contributed by atoms with van der Waals surface area (Å²) in [7, 11) is 0. The second-order valence-electron chi connectivity index (χ2n) is 5.56. The Morgan fingerprint density at radius 3 is 2.70 bits per heavy atom. The molecular weight excluding hydrogens is 314 g/mol. The van der Waals surface area contributed by atoms with Crippen LogP contribution in [0.3, 0.4) is 0 Å². The zero-order chi connectivity index (χ0) is 17.0. The van der Waals surface area contributed by atoms with Gasteiger partial charge in [-0.1, -0.05) is 17.7 Å². The summed E-state index contributed by atoms with van der Waals surface area (Å²) in [6.45, 7) is 6.21. The third-order valence-corrected chi connectivity index (χ3v) is 3.65. The molecule has 2 aromatic carbocycles. The van der Waals surface area contributed by atoms with Gasteiger partial charge in [0.25, 0.3) is 0 Å². The Morgan fingerprint density at radius 2 is 2.04 bits per heavy atom. The molecule has 2 N–H and O–H groups in total. The lowest BCUT2D eigenvalue weighted by Gasteiger charge is -2.16. The van der Waals surface area contributed by atoms with Gasteiger partial charge in [0.05, 0.1) is 11.7 Å². The number of hydrogen-bond acceptors (Lipinski definition) is 3. The minimum Gasteiger partial charge on any atom is -0.491 e. The number of benzene rings is 2. The van der Waals surface area contributed by atoms with Crippen molar-refractivity contribution in [1.29, 1.82) is 0 Å². The fraction of sp³-hybridized carbons (Fsp3) is 0.278. The minimum absolute atomic E-state index is 0.0620. The predicted molar refractivity (Wildman–Crippen MR) is 92.7 cm³/mol. The molecule has 2 rings (SSSR count). The van der Waals surface area contributed by atoms with Crippen LogP contribution in [0.5, 0.6) is 5.75 Å². The molecule has 0 radical (unpaired) electrons. The first-order chi connectivity index (χ1) is 10.9. The molecule has 2 aromatic rings. The Kier molecular flexibility index (Phi) is 5.50. The number of rotatable bonds is 6. The molecule has 0 saturated carbocycles. The van der Waals surface area contributed by atoms with E-state index in [9.17, 15) is 9.90 Å². The lowest BCUT2D eigenvalue weighted by molar-refractivity contribution is 0.0696. The first kappa shape index (κ1) is 17.2. The van der Waals surface area contributed by atoms with Crippen molar-refractivity contribution >= 4 is 23.3 Å². The summed E-state index contributed by atoms with van der Waals surface area (Å²) in [4.78, 5) is 11.2. The number of aromatic carboxylic acids is 1. The van der Waals surface area contributed by atoms with Crippen LogP contribution in [-0.2, 0) is 6.54 Å². The molecule has 0 aliphatic rings. The third kappa shape index (κ3) is 4.39. The molecule has 0 fully saturated rings. The summed E-state index contributed by atoms with van der Waals surface area (Å²) < 4.78 is 5.79. The van der Waals surface area contributed by atoms with Crippen molar-refractivity contribution < 1.29 is 14.6 Å². The fourth-order valence-corrected chi connectivity index (χ4v) is 2.50. The average molecular weight is 334 g/mol. The Bertz CT molecular complexity index is 713. The third-order valence-electron chi connectivity index (χ3n) is 3.42. The molecular formula is C18H20ClNO3. The zero-order valence-electron chi connectivity index (χ0n) is 13.4. The van der Waals surface area contributed by atoms with Crippen molar-refractivity contribution in [3.8, 4) is 5.75 Å². The van der Waals surface area contributed by atoms with Crippen LogP contribution in [0.2, 0.25) is 5.02 Å². The van der Waals surface area contributed by atoms with Crippen LogP contribution in [0.4, 0.5) is 5.69 Å². The van der Waals surface area contributed by atoms with Gasteiger partial charge in [-0.25, -0.2) is 4.79 Å². The molecule has 23 heavy (non-hydrogen) atoms. The number of nitrogens with one attached hydrogen (secondary N) is 1. The summed E-state index contributed by atoms with van der Waals surface area (Å²) in [6.07, 6.45) is 0.0620. The number of halogens is 1. The molecule has 0 amide bonds. The van der Waals surface area contributed by atoms with Crippen molar-refractivity contribution in [3.63, 3.8) is 0 Å². The van der Waals surface area contributed by atoms with Gasteiger partial charge in [0.1, 0.15) is 5.75 Å². The second-order valence-corrected chi connectivity index (χ2v) is 5.99. The molecule has 4 nitrogen and oxygen atoms in total. The summed E-state index contributed by atoms with van der Waals surface area (Å²) in [5.74, 6) is -0.165.